The molecule has 1 heterocycles. The molecular weight excluding hydrogens is 236 g/mol. The van der Waals surface area contributed by atoms with Crippen LogP contribution in [-0.2, 0) is 0 Å². The van der Waals surface area contributed by atoms with E-state index in [1.54, 1.807) is 0 Å². The SMILES string of the molecule is CCNC(=NCC(C)N1CCC(C)CC1)NC1CC1. The van der Waals surface area contributed by atoms with Crippen molar-refractivity contribution < 1.29 is 0 Å². The summed E-state index contributed by atoms with van der Waals surface area (Å²) in [5.41, 5.74) is 0. The fourth-order valence-corrected chi connectivity index (χ4v) is 2.55. The minimum atomic E-state index is 0.558. The van der Waals surface area contributed by atoms with Gasteiger partial charge in [0.2, 0.25) is 0 Å². The van der Waals surface area contributed by atoms with E-state index < -0.39 is 0 Å². The number of nitrogens with zero attached hydrogens (tertiary/aromatic N) is 2. The molecule has 0 spiro atoms. The monoisotopic (exact) mass is 266 g/mol. The normalized spacial score (nSPS) is 24.3. The van der Waals surface area contributed by atoms with Crippen LogP contribution in [-0.4, -0.2) is 49.1 Å². The van der Waals surface area contributed by atoms with Crippen LogP contribution >= 0.6 is 0 Å². The summed E-state index contributed by atoms with van der Waals surface area (Å²) in [6, 6.07) is 1.23. The van der Waals surface area contributed by atoms with Crippen LogP contribution in [0.2, 0.25) is 0 Å². The highest BCUT2D eigenvalue weighted by molar-refractivity contribution is 5.80. The van der Waals surface area contributed by atoms with Crippen LogP contribution < -0.4 is 10.6 Å². The van der Waals surface area contributed by atoms with Gasteiger partial charge in [0.1, 0.15) is 0 Å². The fourth-order valence-electron chi connectivity index (χ4n) is 2.55. The molecule has 4 heteroatoms. The van der Waals surface area contributed by atoms with Crippen LogP contribution in [0.1, 0.15) is 46.5 Å². The molecule has 1 atom stereocenters. The lowest BCUT2D eigenvalue weighted by Crippen LogP contribution is -2.43. The van der Waals surface area contributed by atoms with Gasteiger partial charge < -0.3 is 10.6 Å². The highest BCUT2D eigenvalue weighted by Crippen LogP contribution is 2.19. The molecule has 19 heavy (non-hydrogen) atoms. The van der Waals surface area contributed by atoms with E-state index in [9.17, 15) is 0 Å². The molecular formula is C15H30N4. The summed E-state index contributed by atoms with van der Waals surface area (Å²) in [6.07, 6.45) is 5.27. The molecule has 0 aromatic carbocycles. The van der Waals surface area contributed by atoms with Crippen molar-refractivity contribution in [2.45, 2.75) is 58.5 Å². The molecule has 2 rings (SSSR count). The summed E-state index contributed by atoms with van der Waals surface area (Å²) in [7, 11) is 0. The Bertz CT molecular complexity index is 291. The van der Waals surface area contributed by atoms with Gasteiger partial charge in [-0.1, -0.05) is 6.92 Å². The first kappa shape index (κ1) is 14.6. The van der Waals surface area contributed by atoms with E-state index in [-0.39, 0.29) is 0 Å². The van der Waals surface area contributed by atoms with E-state index in [0.29, 0.717) is 12.1 Å². The van der Waals surface area contributed by atoms with Crippen LogP contribution in [0, 0.1) is 5.92 Å². The standard InChI is InChI=1S/C15H30N4/c1-4-16-15(18-14-5-6-14)17-11-13(3)19-9-7-12(2)8-10-19/h12-14H,4-11H2,1-3H3,(H2,16,17,18). The van der Waals surface area contributed by atoms with E-state index in [1.165, 1.54) is 38.8 Å². The minimum absolute atomic E-state index is 0.558. The molecule has 1 saturated carbocycles. The third-order valence-corrected chi connectivity index (χ3v) is 4.22. The van der Waals surface area contributed by atoms with Crippen molar-refractivity contribution in [1.82, 2.24) is 15.5 Å². The van der Waals surface area contributed by atoms with Gasteiger partial charge in [-0.3, -0.25) is 9.89 Å². The Morgan fingerprint density at radius 2 is 1.95 bits per heavy atom. The molecule has 1 unspecified atom stereocenters. The third kappa shape index (κ3) is 5.01. The number of likely N-dealkylation sites (tertiary alicyclic amines) is 1. The number of rotatable bonds is 5. The van der Waals surface area contributed by atoms with Gasteiger partial charge in [-0.15, -0.1) is 0 Å². The quantitative estimate of drug-likeness (QED) is 0.589. The summed E-state index contributed by atoms with van der Waals surface area (Å²) in [5.74, 6) is 1.91. The molecule has 1 aliphatic heterocycles. The predicted octanol–water partition coefficient (Wildman–Crippen LogP) is 1.82. The molecule has 0 aromatic rings. The van der Waals surface area contributed by atoms with Crippen LogP contribution in [0.25, 0.3) is 0 Å². The van der Waals surface area contributed by atoms with Gasteiger partial charge in [0.05, 0.1) is 6.54 Å². The highest BCUT2D eigenvalue weighted by Gasteiger charge is 2.23. The molecule has 0 bridgehead atoms. The van der Waals surface area contributed by atoms with Crippen LogP contribution in [0.3, 0.4) is 0 Å². The van der Waals surface area contributed by atoms with E-state index in [2.05, 4.69) is 36.3 Å². The average molecular weight is 266 g/mol. The van der Waals surface area contributed by atoms with Crippen molar-refractivity contribution in [3.63, 3.8) is 0 Å². The van der Waals surface area contributed by atoms with Crippen molar-refractivity contribution in [2.24, 2.45) is 10.9 Å². The van der Waals surface area contributed by atoms with E-state index in [0.717, 1.165) is 25.0 Å². The lowest BCUT2D eigenvalue weighted by molar-refractivity contribution is 0.150. The molecule has 1 saturated heterocycles. The zero-order chi connectivity index (χ0) is 13.7. The number of guanidine groups is 1. The van der Waals surface area contributed by atoms with Crippen molar-refractivity contribution in [2.75, 3.05) is 26.2 Å². The van der Waals surface area contributed by atoms with Gasteiger partial charge in [-0.25, -0.2) is 0 Å². The lowest BCUT2D eigenvalue weighted by Gasteiger charge is -2.34. The average Bonchev–Trinajstić information content (AvgIpc) is 3.21. The number of hydrogen-bond acceptors (Lipinski definition) is 2. The number of piperidine rings is 1. The van der Waals surface area contributed by atoms with Crippen LogP contribution in [0.4, 0.5) is 0 Å². The number of aliphatic imine (C=N–C) groups is 1. The molecule has 2 N–H and O–H groups in total. The molecule has 0 amide bonds. The predicted molar refractivity (Wildman–Crippen MR) is 81.6 cm³/mol. The maximum Gasteiger partial charge on any atom is 0.191 e. The molecule has 2 fully saturated rings. The molecule has 0 aromatic heterocycles. The van der Waals surface area contributed by atoms with Gasteiger partial charge in [0, 0.05) is 18.6 Å². The highest BCUT2D eigenvalue weighted by atomic mass is 15.2. The van der Waals surface area contributed by atoms with E-state index in [4.69, 9.17) is 4.99 Å². The van der Waals surface area contributed by atoms with Gasteiger partial charge in [-0.2, -0.15) is 0 Å². The zero-order valence-corrected chi connectivity index (χ0v) is 12.8. The first-order valence-electron chi connectivity index (χ1n) is 7.98. The Balaban J connectivity index is 1.77. The van der Waals surface area contributed by atoms with Gasteiger partial charge in [0.25, 0.3) is 0 Å². The number of nitrogens with one attached hydrogen (secondary N) is 2. The lowest BCUT2D eigenvalue weighted by atomic mass is 9.98. The first-order valence-corrected chi connectivity index (χ1v) is 7.98. The van der Waals surface area contributed by atoms with Crippen molar-refractivity contribution in [1.29, 1.82) is 0 Å². The second-order valence-corrected chi connectivity index (χ2v) is 6.21. The Kier molecular flexibility index (Phi) is 5.49. The second kappa shape index (κ2) is 7.13. The maximum atomic E-state index is 4.74. The molecule has 2 aliphatic rings. The summed E-state index contributed by atoms with van der Waals surface area (Å²) < 4.78 is 0. The summed E-state index contributed by atoms with van der Waals surface area (Å²) in [6.45, 7) is 11.1. The Hall–Kier alpha value is -0.770. The Labute approximate surface area is 118 Å². The number of hydrogen-bond donors (Lipinski definition) is 2. The Morgan fingerprint density at radius 1 is 1.26 bits per heavy atom. The van der Waals surface area contributed by atoms with E-state index >= 15 is 0 Å². The maximum absolute atomic E-state index is 4.74. The summed E-state index contributed by atoms with van der Waals surface area (Å²) >= 11 is 0. The largest absolute Gasteiger partial charge is 0.357 e. The molecule has 4 nitrogen and oxygen atoms in total. The van der Waals surface area contributed by atoms with Crippen molar-refractivity contribution in [3.05, 3.63) is 0 Å². The topological polar surface area (TPSA) is 39.7 Å². The van der Waals surface area contributed by atoms with Gasteiger partial charge in [-0.05, 0) is 58.5 Å². The smallest absolute Gasteiger partial charge is 0.191 e. The van der Waals surface area contributed by atoms with Gasteiger partial charge >= 0.3 is 0 Å². The van der Waals surface area contributed by atoms with Gasteiger partial charge in [0.15, 0.2) is 5.96 Å². The van der Waals surface area contributed by atoms with Crippen LogP contribution in [0.15, 0.2) is 4.99 Å². The summed E-state index contributed by atoms with van der Waals surface area (Å²) in [5, 5.41) is 6.82. The third-order valence-electron chi connectivity index (χ3n) is 4.22. The van der Waals surface area contributed by atoms with E-state index in [1.807, 2.05) is 0 Å². The van der Waals surface area contributed by atoms with Crippen LogP contribution in [0.5, 0.6) is 0 Å². The molecule has 1 aliphatic carbocycles. The molecule has 110 valence electrons. The van der Waals surface area contributed by atoms with Crippen molar-refractivity contribution in [3.8, 4) is 0 Å². The van der Waals surface area contributed by atoms with Crippen molar-refractivity contribution >= 4 is 5.96 Å². The second-order valence-electron chi connectivity index (χ2n) is 6.21. The fraction of sp³-hybridized carbons (Fsp3) is 0.933. The minimum Gasteiger partial charge on any atom is -0.357 e. The zero-order valence-electron chi connectivity index (χ0n) is 12.8. The Morgan fingerprint density at radius 3 is 2.53 bits per heavy atom. The first-order chi connectivity index (χ1) is 9.19. The molecule has 0 radical (unpaired) electrons. The summed E-state index contributed by atoms with van der Waals surface area (Å²) in [4.78, 5) is 7.33.